The third-order valence-electron chi connectivity index (χ3n) is 3.65. The summed E-state index contributed by atoms with van der Waals surface area (Å²) in [7, 11) is 0. The van der Waals surface area contributed by atoms with Crippen molar-refractivity contribution in [2.24, 2.45) is 5.92 Å². The minimum absolute atomic E-state index is 0.280. The quantitative estimate of drug-likeness (QED) is 0.842. The van der Waals surface area contributed by atoms with Crippen LogP contribution in [0.4, 0.5) is 4.39 Å². The Morgan fingerprint density at radius 3 is 2.96 bits per heavy atom. The van der Waals surface area contributed by atoms with Crippen LogP contribution >= 0.6 is 11.6 Å². The first-order chi connectivity index (χ1) is 11.1. The molecule has 23 heavy (non-hydrogen) atoms. The third kappa shape index (κ3) is 3.95. The lowest BCUT2D eigenvalue weighted by molar-refractivity contribution is 0.0534. The summed E-state index contributed by atoms with van der Waals surface area (Å²) >= 11 is 5.74. The average molecular weight is 333 g/mol. The number of aromatic nitrogens is 2. The van der Waals surface area contributed by atoms with E-state index in [1.54, 1.807) is 6.07 Å². The zero-order chi connectivity index (χ0) is 16.2. The standard InChI is InChI=1S/C16H14ClFN4O/c17-15-5-20-6-16(21-15)23-10-12-7-22(8-12)9-13-3-11(4-19)1-2-14(13)18/h1-3,5-6,12H,7-10H2. The summed E-state index contributed by atoms with van der Waals surface area (Å²) < 4.78 is 19.3. The molecule has 0 spiro atoms. The van der Waals surface area contributed by atoms with Gasteiger partial charge in [0.05, 0.1) is 30.6 Å². The molecule has 5 nitrogen and oxygen atoms in total. The van der Waals surface area contributed by atoms with Crippen LogP contribution in [-0.4, -0.2) is 34.6 Å². The lowest BCUT2D eigenvalue weighted by atomic mass is 10.00. The molecule has 0 saturated carbocycles. The van der Waals surface area contributed by atoms with Gasteiger partial charge in [-0.05, 0) is 18.2 Å². The van der Waals surface area contributed by atoms with Crippen LogP contribution in [0.3, 0.4) is 0 Å². The highest BCUT2D eigenvalue weighted by molar-refractivity contribution is 6.29. The molecular formula is C16H14ClFN4O. The highest BCUT2D eigenvalue weighted by Gasteiger charge is 2.28. The first-order valence-electron chi connectivity index (χ1n) is 7.15. The second kappa shape index (κ2) is 6.90. The van der Waals surface area contributed by atoms with Crippen molar-refractivity contribution in [2.75, 3.05) is 19.7 Å². The van der Waals surface area contributed by atoms with E-state index in [1.165, 1.54) is 24.5 Å². The Balaban J connectivity index is 1.47. The summed E-state index contributed by atoms with van der Waals surface area (Å²) in [5.41, 5.74) is 1.02. The molecule has 0 aliphatic carbocycles. The molecule has 118 valence electrons. The van der Waals surface area contributed by atoms with Crippen molar-refractivity contribution < 1.29 is 9.13 Å². The van der Waals surface area contributed by atoms with Crippen LogP contribution in [0.5, 0.6) is 5.88 Å². The number of hydrogen-bond acceptors (Lipinski definition) is 5. The summed E-state index contributed by atoms with van der Waals surface area (Å²) in [5, 5.41) is 9.17. The molecule has 0 atom stereocenters. The maximum atomic E-state index is 13.7. The van der Waals surface area contributed by atoms with Crippen LogP contribution in [0.15, 0.2) is 30.6 Å². The van der Waals surface area contributed by atoms with Crippen LogP contribution in [0.25, 0.3) is 0 Å². The summed E-state index contributed by atoms with van der Waals surface area (Å²) in [6.45, 7) is 2.63. The fourth-order valence-electron chi connectivity index (χ4n) is 2.52. The number of likely N-dealkylation sites (tertiary alicyclic amines) is 1. The molecule has 1 saturated heterocycles. The zero-order valence-corrected chi connectivity index (χ0v) is 13.0. The van der Waals surface area contributed by atoms with Gasteiger partial charge in [0.2, 0.25) is 5.88 Å². The normalized spacial score (nSPS) is 15.0. The average Bonchev–Trinajstić information content (AvgIpc) is 2.51. The highest BCUT2D eigenvalue weighted by Crippen LogP contribution is 2.21. The SMILES string of the molecule is N#Cc1ccc(F)c(CN2CC(COc3cncc(Cl)n3)C2)c1. The van der Waals surface area contributed by atoms with E-state index in [4.69, 9.17) is 21.6 Å². The van der Waals surface area contributed by atoms with Gasteiger partial charge in [0.1, 0.15) is 5.82 Å². The Hall–Kier alpha value is -2.23. The zero-order valence-electron chi connectivity index (χ0n) is 12.2. The summed E-state index contributed by atoms with van der Waals surface area (Å²) in [5.74, 6) is 0.486. The fourth-order valence-corrected chi connectivity index (χ4v) is 2.66. The number of nitrogens with zero attached hydrogens (tertiary/aromatic N) is 4. The minimum Gasteiger partial charge on any atom is -0.476 e. The number of rotatable bonds is 5. The molecule has 2 aromatic rings. The lowest BCUT2D eigenvalue weighted by Gasteiger charge is -2.39. The van der Waals surface area contributed by atoms with Gasteiger partial charge in [-0.1, -0.05) is 11.6 Å². The first-order valence-corrected chi connectivity index (χ1v) is 7.53. The van der Waals surface area contributed by atoms with Gasteiger partial charge in [-0.2, -0.15) is 10.2 Å². The molecular weight excluding hydrogens is 319 g/mol. The molecule has 1 fully saturated rings. The van der Waals surface area contributed by atoms with Gasteiger partial charge < -0.3 is 4.74 Å². The largest absolute Gasteiger partial charge is 0.476 e. The molecule has 0 N–H and O–H groups in total. The summed E-state index contributed by atoms with van der Waals surface area (Å²) in [6, 6.07) is 6.45. The Morgan fingerprint density at radius 1 is 1.39 bits per heavy atom. The second-order valence-electron chi connectivity index (χ2n) is 5.47. The van der Waals surface area contributed by atoms with Crippen LogP contribution in [0, 0.1) is 23.1 Å². The number of hydrogen-bond donors (Lipinski definition) is 0. The highest BCUT2D eigenvalue weighted by atomic mass is 35.5. The molecule has 1 aliphatic heterocycles. The van der Waals surface area contributed by atoms with Gasteiger partial charge in [-0.25, -0.2) is 4.39 Å². The second-order valence-corrected chi connectivity index (χ2v) is 5.86. The smallest absolute Gasteiger partial charge is 0.233 e. The van der Waals surface area contributed by atoms with Gasteiger partial charge in [0.25, 0.3) is 0 Å². The summed E-state index contributed by atoms with van der Waals surface area (Å²) in [6.07, 6.45) is 2.97. The van der Waals surface area contributed by atoms with E-state index in [-0.39, 0.29) is 5.82 Å². The molecule has 0 bridgehead atoms. The monoisotopic (exact) mass is 332 g/mol. The van der Waals surface area contributed by atoms with Crippen LogP contribution in [0.1, 0.15) is 11.1 Å². The van der Waals surface area contributed by atoms with Crippen LogP contribution in [-0.2, 0) is 6.54 Å². The fraction of sp³-hybridized carbons (Fsp3) is 0.312. The van der Waals surface area contributed by atoms with Crippen LogP contribution in [0.2, 0.25) is 5.15 Å². The topological polar surface area (TPSA) is 62.0 Å². The number of benzene rings is 1. The maximum absolute atomic E-state index is 13.7. The van der Waals surface area contributed by atoms with Crippen molar-refractivity contribution >= 4 is 11.6 Å². The Kier molecular flexibility index (Phi) is 4.70. The Morgan fingerprint density at radius 2 is 2.22 bits per heavy atom. The molecule has 0 unspecified atom stereocenters. The molecule has 2 heterocycles. The number of ether oxygens (including phenoxy) is 1. The van der Waals surface area contributed by atoms with E-state index in [2.05, 4.69) is 14.9 Å². The van der Waals surface area contributed by atoms with Crippen molar-refractivity contribution in [2.45, 2.75) is 6.54 Å². The molecule has 7 heteroatoms. The number of nitriles is 1. The molecule has 1 aromatic carbocycles. The van der Waals surface area contributed by atoms with Crippen molar-refractivity contribution in [3.05, 3.63) is 52.7 Å². The van der Waals surface area contributed by atoms with E-state index in [0.717, 1.165) is 13.1 Å². The Bertz CT molecular complexity index is 743. The van der Waals surface area contributed by atoms with Gasteiger partial charge in [-0.15, -0.1) is 0 Å². The molecule has 3 rings (SSSR count). The van der Waals surface area contributed by atoms with Crippen LogP contribution < -0.4 is 4.74 Å². The summed E-state index contributed by atoms with van der Waals surface area (Å²) in [4.78, 5) is 10.0. The van der Waals surface area contributed by atoms with Crippen molar-refractivity contribution in [3.63, 3.8) is 0 Å². The van der Waals surface area contributed by atoms with Gasteiger partial charge in [0, 0.05) is 31.1 Å². The van der Waals surface area contributed by atoms with Crippen molar-refractivity contribution in [3.8, 4) is 11.9 Å². The van der Waals surface area contributed by atoms with E-state index in [1.807, 2.05) is 6.07 Å². The predicted molar refractivity (Wildman–Crippen MR) is 82.4 cm³/mol. The van der Waals surface area contributed by atoms with Gasteiger partial charge in [0.15, 0.2) is 5.15 Å². The minimum atomic E-state index is -0.280. The maximum Gasteiger partial charge on any atom is 0.233 e. The molecule has 1 aliphatic rings. The molecule has 0 amide bonds. The molecule has 1 aromatic heterocycles. The predicted octanol–water partition coefficient (Wildman–Crippen LogP) is 2.65. The van der Waals surface area contributed by atoms with Gasteiger partial charge in [-0.3, -0.25) is 9.88 Å². The van der Waals surface area contributed by atoms with E-state index in [0.29, 0.717) is 41.2 Å². The van der Waals surface area contributed by atoms with E-state index in [9.17, 15) is 4.39 Å². The van der Waals surface area contributed by atoms with Crippen molar-refractivity contribution in [1.29, 1.82) is 5.26 Å². The Labute approximate surface area is 138 Å². The number of halogens is 2. The molecule has 0 radical (unpaired) electrons. The van der Waals surface area contributed by atoms with Crippen molar-refractivity contribution in [1.82, 2.24) is 14.9 Å². The first kappa shape index (κ1) is 15.7. The third-order valence-corrected chi connectivity index (χ3v) is 3.83. The van der Waals surface area contributed by atoms with Gasteiger partial charge >= 0.3 is 0 Å². The lowest BCUT2D eigenvalue weighted by Crippen LogP contribution is -2.48. The van der Waals surface area contributed by atoms with E-state index < -0.39 is 0 Å². The van der Waals surface area contributed by atoms with E-state index >= 15 is 0 Å².